The number of hydrogen-bond donors (Lipinski definition) is 1. The SMILES string of the molecule is CCC(C)NC(=O)Cn1cnc2oc(C)c(C)c2c1=O. The van der Waals surface area contributed by atoms with Crippen molar-refractivity contribution in [1.29, 1.82) is 0 Å². The van der Waals surface area contributed by atoms with Gasteiger partial charge in [0.15, 0.2) is 0 Å². The number of nitrogens with one attached hydrogen (secondary N) is 1. The third-order valence-electron chi connectivity index (χ3n) is 3.49. The number of amides is 1. The minimum absolute atomic E-state index is 0.0320. The summed E-state index contributed by atoms with van der Waals surface area (Å²) in [5.41, 5.74) is 0.849. The zero-order valence-electron chi connectivity index (χ0n) is 12.2. The highest BCUT2D eigenvalue weighted by atomic mass is 16.3. The van der Waals surface area contributed by atoms with Gasteiger partial charge in [-0.05, 0) is 27.2 Å². The van der Waals surface area contributed by atoms with E-state index >= 15 is 0 Å². The molecule has 0 aliphatic heterocycles. The Kier molecular flexibility index (Phi) is 3.92. The second kappa shape index (κ2) is 5.48. The molecule has 1 atom stereocenters. The van der Waals surface area contributed by atoms with Gasteiger partial charge < -0.3 is 9.73 Å². The molecule has 0 radical (unpaired) electrons. The summed E-state index contributed by atoms with van der Waals surface area (Å²) in [5.74, 6) is 0.479. The molecule has 6 heteroatoms. The van der Waals surface area contributed by atoms with E-state index in [-0.39, 0.29) is 24.1 Å². The van der Waals surface area contributed by atoms with Crippen LogP contribution >= 0.6 is 0 Å². The lowest BCUT2D eigenvalue weighted by Crippen LogP contribution is -2.37. The van der Waals surface area contributed by atoms with Crippen LogP contribution in [0.3, 0.4) is 0 Å². The van der Waals surface area contributed by atoms with Crippen molar-refractivity contribution < 1.29 is 9.21 Å². The molecule has 2 rings (SSSR count). The first-order valence-corrected chi connectivity index (χ1v) is 6.68. The van der Waals surface area contributed by atoms with E-state index in [0.717, 1.165) is 12.0 Å². The minimum atomic E-state index is -0.247. The van der Waals surface area contributed by atoms with Crippen molar-refractivity contribution in [3.05, 3.63) is 28.0 Å². The number of hydrogen-bond acceptors (Lipinski definition) is 4. The fourth-order valence-corrected chi connectivity index (χ4v) is 1.96. The van der Waals surface area contributed by atoms with Crippen LogP contribution in [0.1, 0.15) is 31.6 Å². The maximum absolute atomic E-state index is 12.3. The van der Waals surface area contributed by atoms with Crippen molar-refractivity contribution >= 4 is 17.0 Å². The van der Waals surface area contributed by atoms with Crippen molar-refractivity contribution in [3.8, 4) is 0 Å². The number of carbonyl (C=O) groups is 1. The van der Waals surface area contributed by atoms with Gasteiger partial charge in [0, 0.05) is 11.6 Å². The lowest BCUT2D eigenvalue weighted by molar-refractivity contribution is -0.122. The molecule has 0 spiro atoms. The van der Waals surface area contributed by atoms with Crippen molar-refractivity contribution in [2.75, 3.05) is 0 Å². The van der Waals surface area contributed by atoms with Crippen molar-refractivity contribution in [2.45, 2.75) is 46.7 Å². The Balaban J connectivity index is 2.32. The fraction of sp³-hybridized carbons (Fsp3) is 0.500. The van der Waals surface area contributed by atoms with Crippen LogP contribution in [0.5, 0.6) is 0 Å². The van der Waals surface area contributed by atoms with E-state index in [1.54, 1.807) is 6.92 Å². The Morgan fingerprint density at radius 2 is 2.20 bits per heavy atom. The molecule has 0 fully saturated rings. The molecule has 6 nitrogen and oxygen atoms in total. The number of rotatable bonds is 4. The van der Waals surface area contributed by atoms with Gasteiger partial charge in [-0.3, -0.25) is 14.2 Å². The molecule has 2 aromatic rings. The summed E-state index contributed by atoms with van der Waals surface area (Å²) in [6.45, 7) is 7.48. The summed E-state index contributed by atoms with van der Waals surface area (Å²) in [6.07, 6.45) is 2.20. The van der Waals surface area contributed by atoms with E-state index < -0.39 is 0 Å². The molecule has 2 heterocycles. The molecule has 108 valence electrons. The Bertz CT molecular complexity index is 699. The second-order valence-corrected chi connectivity index (χ2v) is 5.02. The van der Waals surface area contributed by atoms with E-state index in [1.165, 1.54) is 10.9 Å². The van der Waals surface area contributed by atoms with Crippen LogP contribution < -0.4 is 10.9 Å². The molecule has 0 saturated heterocycles. The summed E-state index contributed by atoms with van der Waals surface area (Å²) < 4.78 is 6.70. The van der Waals surface area contributed by atoms with Gasteiger partial charge in [0.25, 0.3) is 5.56 Å². The fourth-order valence-electron chi connectivity index (χ4n) is 1.96. The number of furan rings is 1. The van der Waals surface area contributed by atoms with Gasteiger partial charge >= 0.3 is 0 Å². The molecular formula is C14H19N3O3. The third-order valence-corrected chi connectivity index (χ3v) is 3.49. The zero-order chi connectivity index (χ0) is 14.9. The third kappa shape index (κ3) is 2.59. The quantitative estimate of drug-likeness (QED) is 0.919. The molecule has 1 unspecified atom stereocenters. The van der Waals surface area contributed by atoms with Crippen LogP contribution in [0.4, 0.5) is 0 Å². The molecule has 0 bridgehead atoms. The summed E-state index contributed by atoms with van der Waals surface area (Å²) in [5, 5.41) is 3.27. The largest absolute Gasteiger partial charge is 0.443 e. The lowest BCUT2D eigenvalue weighted by Gasteiger charge is -2.11. The highest BCUT2D eigenvalue weighted by molar-refractivity contribution is 5.79. The standard InChI is InChI=1S/C14H19N3O3/c1-5-8(2)16-11(18)6-17-7-15-13-12(14(17)19)9(3)10(4)20-13/h7-8H,5-6H2,1-4H3,(H,16,18). The maximum Gasteiger partial charge on any atom is 0.265 e. The lowest BCUT2D eigenvalue weighted by atomic mass is 10.2. The van der Waals surface area contributed by atoms with E-state index in [9.17, 15) is 9.59 Å². The van der Waals surface area contributed by atoms with E-state index in [2.05, 4.69) is 10.3 Å². The van der Waals surface area contributed by atoms with Gasteiger partial charge in [0.2, 0.25) is 11.6 Å². The molecule has 0 aromatic carbocycles. The molecule has 0 aliphatic rings. The maximum atomic E-state index is 12.3. The summed E-state index contributed by atoms with van der Waals surface area (Å²) in [6, 6.07) is 0.0906. The summed E-state index contributed by atoms with van der Waals surface area (Å²) in [7, 11) is 0. The topological polar surface area (TPSA) is 77.1 Å². The predicted molar refractivity (Wildman–Crippen MR) is 75.6 cm³/mol. The van der Waals surface area contributed by atoms with E-state index in [4.69, 9.17) is 4.42 Å². The number of aromatic nitrogens is 2. The van der Waals surface area contributed by atoms with E-state index in [1.807, 2.05) is 20.8 Å². The number of fused-ring (bicyclic) bond motifs is 1. The predicted octanol–water partition coefficient (Wildman–Crippen LogP) is 1.52. The van der Waals surface area contributed by atoms with Crippen LogP contribution in [0.2, 0.25) is 0 Å². The van der Waals surface area contributed by atoms with Gasteiger partial charge in [0.1, 0.15) is 24.0 Å². The van der Waals surface area contributed by atoms with Crippen LogP contribution in [0, 0.1) is 13.8 Å². The smallest absolute Gasteiger partial charge is 0.265 e. The Morgan fingerprint density at radius 1 is 1.50 bits per heavy atom. The molecular weight excluding hydrogens is 258 g/mol. The van der Waals surface area contributed by atoms with Gasteiger partial charge in [-0.25, -0.2) is 4.98 Å². The number of nitrogens with zero attached hydrogens (tertiary/aromatic N) is 2. The monoisotopic (exact) mass is 277 g/mol. The van der Waals surface area contributed by atoms with Crippen LogP contribution in [-0.2, 0) is 11.3 Å². The van der Waals surface area contributed by atoms with Crippen LogP contribution in [0.25, 0.3) is 11.1 Å². The van der Waals surface area contributed by atoms with Crippen molar-refractivity contribution in [3.63, 3.8) is 0 Å². The molecule has 0 saturated carbocycles. The van der Waals surface area contributed by atoms with Gasteiger partial charge in [0.05, 0.1) is 0 Å². The van der Waals surface area contributed by atoms with Gasteiger partial charge in [-0.15, -0.1) is 0 Å². The first kappa shape index (κ1) is 14.3. The zero-order valence-corrected chi connectivity index (χ0v) is 12.2. The van der Waals surface area contributed by atoms with Crippen molar-refractivity contribution in [1.82, 2.24) is 14.9 Å². The Hall–Kier alpha value is -2.11. The first-order valence-electron chi connectivity index (χ1n) is 6.68. The summed E-state index contributed by atoms with van der Waals surface area (Å²) >= 11 is 0. The molecule has 0 aliphatic carbocycles. The number of aryl methyl sites for hydroxylation is 2. The number of carbonyl (C=O) groups excluding carboxylic acids is 1. The average Bonchev–Trinajstić information content (AvgIpc) is 2.69. The molecule has 20 heavy (non-hydrogen) atoms. The Morgan fingerprint density at radius 3 is 2.85 bits per heavy atom. The molecule has 1 N–H and O–H groups in total. The normalized spacial score (nSPS) is 12.6. The van der Waals surface area contributed by atoms with Gasteiger partial charge in [-0.1, -0.05) is 6.92 Å². The van der Waals surface area contributed by atoms with Crippen molar-refractivity contribution in [2.24, 2.45) is 0 Å². The average molecular weight is 277 g/mol. The van der Waals surface area contributed by atoms with Crippen LogP contribution in [0.15, 0.2) is 15.5 Å². The highest BCUT2D eigenvalue weighted by Gasteiger charge is 2.15. The van der Waals surface area contributed by atoms with Gasteiger partial charge in [-0.2, -0.15) is 0 Å². The van der Waals surface area contributed by atoms with Crippen LogP contribution in [-0.4, -0.2) is 21.5 Å². The summed E-state index contributed by atoms with van der Waals surface area (Å²) in [4.78, 5) is 28.3. The Labute approximate surface area is 116 Å². The minimum Gasteiger partial charge on any atom is -0.443 e. The molecule has 1 amide bonds. The second-order valence-electron chi connectivity index (χ2n) is 5.02. The van der Waals surface area contributed by atoms with E-state index in [0.29, 0.717) is 16.9 Å². The molecule has 2 aromatic heterocycles. The highest BCUT2D eigenvalue weighted by Crippen LogP contribution is 2.18. The first-order chi connectivity index (χ1) is 9.43.